The van der Waals surface area contributed by atoms with Gasteiger partial charge in [-0.05, 0) is 44.0 Å². The number of rotatable bonds is 4. The van der Waals surface area contributed by atoms with Crippen molar-refractivity contribution >= 4 is 11.4 Å². The normalized spacial score (nSPS) is 14.1. The molecule has 0 aliphatic carbocycles. The summed E-state index contributed by atoms with van der Waals surface area (Å²) in [6.45, 7) is 5.80. The second-order valence-corrected chi connectivity index (χ2v) is 8.08. The highest BCUT2D eigenvalue weighted by Gasteiger charge is 2.30. The molecule has 0 spiro atoms. The van der Waals surface area contributed by atoms with E-state index in [1.807, 2.05) is 69.3 Å². The molecule has 2 atom stereocenters. The van der Waals surface area contributed by atoms with Crippen molar-refractivity contribution in [3.8, 4) is 6.07 Å². The molecule has 0 aliphatic heterocycles. The van der Waals surface area contributed by atoms with Gasteiger partial charge in [0.05, 0.1) is 11.6 Å². The average Bonchev–Trinajstić information content (AvgIpc) is 2.52. The fourth-order valence-electron chi connectivity index (χ4n) is 2.05. The topological polar surface area (TPSA) is 58.9 Å². The SMILES string of the molecule is CC(C)(C)[S+]([O-])NC(c1ccccc1)c1cccc(C#N)c1. The Bertz CT molecular complexity index is 659. The third kappa shape index (κ3) is 4.11. The molecule has 0 saturated heterocycles. The van der Waals surface area contributed by atoms with Crippen LogP contribution in [0.4, 0.5) is 0 Å². The predicted molar refractivity (Wildman–Crippen MR) is 90.5 cm³/mol. The van der Waals surface area contributed by atoms with E-state index < -0.39 is 11.4 Å². The molecule has 0 saturated carbocycles. The maximum absolute atomic E-state index is 12.5. The van der Waals surface area contributed by atoms with Gasteiger partial charge in [0.25, 0.3) is 0 Å². The average molecular weight is 312 g/mol. The molecule has 0 heterocycles. The van der Waals surface area contributed by atoms with Crippen molar-refractivity contribution in [1.29, 1.82) is 5.26 Å². The maximum Gasteiger partial charge on any atom is 0.136 e. The minimum absolute atomic E-state index is 0.213. The number of nitrogens with zero attached hydrogens (tertiary/aromatic N) is 1. The van der Waals surface area contributed by atoms with Crippen molar-refractivity contribution in [2.75, 3.05) is 0 Å². The summed E-state index contributed by atoms with van der Waals surface area (Å²) in [6.07, 6.45) is 0. The van der Waals surface area contributed by atoms with Crippen molar-refractivity contribution in [2.45, 2.75) is 31.6 Å². The van der Waals surface area contributed by atoms with Gasteiger partial charge in [0.15, 0.2) is 0 Å². The molecule has 0 bridgehead atoms. The second-order valence-electron chi connectivity index (χ2n) is 6.08. The lowest BCUT2D eigenvalue weighted by Crippen LogP contribution is -2.41. The summed E-state index contributed by atoms with van der Waals surface area (Å²) >= 11 is -1.21. The summed E-state index contributed by atoms with van der Waals surface area (Å²) in [4.78, 5) is 0. The van der Waals surface area contributed by atoms with Gasteiger partial charge < -0.3 is 4.55 Å². The summed E-state index contributed by atoms with van der Waals surface area (Å²) in [5.74, 6) is 0. The van der Waals surface area contributed by atoms with Crippen LogP contribution in [0.25, 0.3) is 0 Å². The first-order chi connectivity index (χ1) is 10.4. The van der Waals surface area contributed by atoms with Gasteiger partial charge in [0, 0.05) is 11.4 Å². The third-order valence-corrected chi connectivity index (χ3v) is 4.83. The third-order valence-electron chi connectivity index (χ3n) is 3.26. The van der Waals surface area contributed by atoms with Crippen LogP contribution in [0.2, 0.25) is 0 Å². The molecule has 0 aromatic heterocycles. The lowest BCUT2D eigenvalue weighted by molar-refractivity contribution is 0.535. The number of hydrogen-bond donors (Lipinski definition) is 1. The van der Waals surface area contributed by atoms with Crippen LogP contribution in [0.5, 0.6) is 0 Å². The first-order valence-corrected chi connectivity index (χ1v) is 8.30. The van der Waals surface area contributed by atoms with Crippen molar-refractivity contribution in [3.05, 3.63) is 71.3 Å². The Morgan fingerprint density at radius 3 is 2.27 bits per heavy atom. The molecule has 0 radical (unpaired) electrons. The first-order valence-electron chi connectivity index (χ1n) is 7.15. The Labute approximate surface area is 135 Å². The summed E-state index contributed by atoms with van der Waals surface area (Å²) < 4.78 is 15.4. The van der Waals surface area contributed by atoms with Gasteiger partial charge in [0.2, 0.25) is 0 Å². The van der Waals surface area contributed by atoms with E-state index in [2.05, 4.69) is 10.8 Å². The fraction of sp³-hybridized carbons (Fsp3) is 0.278. The monoisotopic (exact) mass is 312 g/mol. The Morgan fingerprint density at radius 1 is 1.05 bits per heavy atom. The van der Waals surface area contributed by atoms with Gasteiger partial charge in [-0.25, -0.2) is 0 Å². The number of nitriles is 1. The van der Waals surface area contributed by atoms with Crippen LogP contribution < -0.4 is 4.72 Å². The van der Waals surface area contributed by atoms with Crippen molar-refractivity contribution in [1.82, 2.24) is 4.72 Å². The van der Waals surface area contributed by atoms with E-state index in [1.165, 1.54) is 0 Å². The lowest BCUT2D eigenvalue weighted by Gasteiger charge is -2.28. The smallest absolute Gasteiger partial charge is 0.136 e. The molecule has 1 N–H and O–H groups in total. The lowest BCUT2D eigenvalue weighted by atomic mass is 9.98. The zero-order valence-corrected chi connectivity index (χ0v) is 13.9. The van der Waals surface area contributed by atoms with Gasteiger partial charge in [0.1, 0.15) is 10.8 Å². The Kier molecular flexibility index (Phi) is 5.25. The molecule has 2 rings (SSSR count). The number of hydrogen-bond acceptors (Lipinski definition) is 3. The largest absolute Gasteiger partial charge is 0.598 e. The van der Waals surface area contributed by atoms with E-state index >= 15 is 0 Å². The molecular weight excluding hydrogens is 292 g/mol. The zero-order valence-electron chi connectivity index (χ0n) is 13.0. The number of benzene rings is 2. The van der Waals surface area contributed by atoms with Crippen molar-refractivity contribution in [2.24, 2.45) is 0 Å². The molecule has 2 unspecified atom stereocenters. The van der Waals surface area contributed by atoms with Crippen LogP contribution in [-0.2, 0) is 11.4 Å². The summed E-state index contributed by atoms with van der Waals surface area (Å²) in [6, 6.07) is 19.2. The van der Waals surface area contributed by atoms with Gasteiger partial charge in [-0.15, -0.1) is 4.72 Å². The Morgan fingerprint density at radius 2 is 1.68 bits per heavy atom. The highest BCUT2D eigenvalue weighted by Crippen LogP contribution is 2.26. The molecule has 0 amide bonds. The van der Waals surface area contributed by atoms with Gasteiger partial charge in [-0.1, -0.05) is 42.5 Å². The standard InChI is InChI=1S/C18H20N2OS/c1-18(2,3)22(21)20-17(15-9-5-4-6-10-15)16-11-7-8-14(12-16)13-19/h4-12,17,20H,1-3H3. The quantitative estimate of drug-likeness (QED) is 0.876. The van der Waals surface area contributed by atoms with E-state index in [9.17, 15) is 4.55 Å². The van der Waals surface area contributed by atoms with E-state index in [1.54, 1.807) is 6.07 Å². The minimum atomic E-state index is -1.21. The van der Waals surface area contributed by atoms with Crippen LogP contribution in [0.15, 0.2) is 54.6 Å². The predicted octanol–water partition coefficient (Wildman–Crippen LogP) is 3.70. The summed E-state index contributed by atoms with van der Waals surface area (Å²) in [7, 11) is 0. The minimum Gasteiger partial charge on any atom is -0.598 e. The zero-order chi connectivity index (χ0) is 16.2. The van der Waals surface area contributed by atoms with E-state index in [-0.39, 0.29) is 10.8 Å². The molecule has 3 nitrogen and oxygen atoms in total. The fourth-order valence-corrected chi connectivity index (χ4v) is 2.89. The first kappa shape index (κ1) is 16.6. The Hall–Kier alpha value is -1.80. The molecule has 0 fully saturated rings. The highest BCUT2D eigenvalue weighted by molar-refractivity contribution is 7.90. The van der Waals surface area contributed by atoms with Crippen LogP contribution in [0.3, 0.4) is 0 Å². The maximum atomic E-state index is 12.5. The molecule has 4 heteroatoms. The number of nitrogens with one attached hydrogen (secondary N) is 1. The molecule has 0 aliphatic rings. The molecule has 2 aromatic rings. The molecule has 2 aromatic carbocycles. The Balaban J connectivity index is 2.40. The molecule has 114 valence electrons. The van der Waals surface area contributed by atoms with Crippen LogP contribution in [-0.4, -0.2) is 9.30 Å². The molecule has 22 heavy (non-hydrogen) atoms. The van der Waals surface area contributed by atoms with Crippen molar-refractivity contribution in [3.63, 3.8) is 0 Å². The van der Waals surface area contributed by atoms with Gasteiger partial charge >= 0.3 is 0 Å². The highest BCUT2D eigenvalue weighted by atomic mass is 32.2. The van der Waals surface area contributed by atoms with Crippen LogP contribution in [0, 0.1) is 11.3 Å². The van der Waals surface area contributed by atoms with Crippen LogP contribution in [0.1, 0.15) is 43.5 Å². The van der Waals surface area contributed by atoms with Crippen LogP contribution >= 0.6 is 0 Å². The van der Waals surface area contributed by atoms with Gasteiger partial charge in [-0.3, -0.25) is 0 Å². The summed E-state index contributed by atoms with van der Waals surface area (Å²) in [5, 5.41) is 9.10. The molecular formula is C18H20N2OS. The van der Waals surface area contributed by atoms with E-state index in [4.69, 9.17) is 5.26 Å². The van der Waals surface area contributed by atoms with Gasteiger partial charge in [-0.2, -0.15) is 5.26 Å². The van der Waals surface area contributed by atoms with E-state index in [0.717, 1.165) is 11.1 Å². The van der Waals surface area contributed by atoms with Crippen molar-refractivity contribution < 1.29 is 4.55 Å². The second kappa shape index (κ2) is 6.97. The van der Waals surface area contributed by atoms with E-state index in [0.29, 0.717) is 5.56 Å². The summed E-state index contributed by atoms with van der Waals surface area (Å²) in [5.41, 5.74) is 2.56.